The van der Waals surface area contributed by atoms with Gasteiger partial charge in [-0.1, -0.05) is 53.5 Å². The number of alkyl halides is 3. The fraction of sp³-hybridized carbons (Fsp3) is 0.312. The molecule has 3 N–H and O–H groups in total. The van der Waals surface area contributed by atoms with Crippen LogP contribution in [0.25, 0.3) is 0 Å². The minimum absolute atomic E-state index is 0.239. The second-order valence-corrected chi connectivity index (χ2v) is 12.4. The molecule has 1 unspecified atom stereocenters. The van der Waals surface area contributed by atoms with E-state index >= 15 is 0 Å². The summed E-state index contributed by atoms with van der Waals surface area (Å²) in [6.45, 7) is 2.20. The SMILES string of the molecule is O=C(O)/C=C/C(=O)O.OC1(c2ccc(Cl)c(C(F)(F)F)c2)CCN(CCOC2c3ccccc3CSc3ccc(Cl)cc32)CC1. The van der Waals surface area contributed by atoms with Gasteiger partial charge in [-0.25, -0.2) is 9.59 Å². The van der Waals surface area contributed by atoms with Crippen molar-refractivity contribution in [3.8, 4) is 0 Å². The molecule has 13 heteroatoms. The van der Waals surface area contributed by atoms with Gasteiger partial charge in [0, 0.05) is 53.0 Å². The summed E-state index contributed by atoms with van der Waals surface area (Å²) in [4.78, 5) is 22.4. The quantitative estimate of drug-likeness (QED) is 0.221. The maximum absolute atomic E-state index is 13.3. The first-order valence-corrected chi connectivity index (χ1v) is 15.6. The van der Waals surface area contributed by atoms with E-state index < -0.39 is 29.3 Å². The number of carboxylic acids is 2. The molecule has 0 saturated carbocycles. The van der Waals surface area contributed by atoms with Gasteiger partial charge in [-0.05, 0) is 59.9 Å². The molecule has 1 fully saturated rings. The number of carboxylic acid groups (broad SMARTS) is 2. The van der Waals surface area contributed by atoms with Gasteiger partial charge >= 0.3 is 18.1 Å². The summed E-state index contributed by atoms with van der Waals surface area (Å²) >= 11 is 13.9. The number of ether oxygens (including phenoxy) is 1. The summed E-state index contributed by atoms with van der Waals surface area (Å²) in [7, 11) is 0. The first-order chi connectivity index (χ1) is 21.3. The third kappa shape index (κ3) is 9.25. The zero-order chi connectivity index (χ0) is 32.8. The smallest absolute Gasteiger partial charge is 0.417 e. The average Bonchev–Trinajstić information content (AvgIpc) is 3.13. The lowest BCUT2D eigenvalue weighted by molar-refractivity contribution is -0.137. The first-order valence-electron chi connectivity index (χ1n) is 13.8. The first kappa shape index (κ1) is 34.8. The monoisotopic (exact) mass is 683 g/mol. The van der Waals surface area contributed by atoms with Crippen molar-refractivity contribution in [3.05, 3.63) is 111 Å². The molecule has 2 aliphatic rings. The number of hydrogen-bond donors (Lipinski definition) is 3. The van der Waals surface area contributed by atoms with Crippen LogP contribution in [0, 0.1) is 0 Å². The number of hydrogen-bond acceptors (Lipinski definition) is 6. The predicted molar refractivity (Wildman–Crippen MR) is 166 cm³/mol. The van der Waals surface area contributed by atoms with Crippen molar-refractivity contribution in [2.45, 2.75) is 41.4 Å². The van der Waals surface area contributed by atoms with Gasteiger partial charge in [0.05, 0.1) is 22.8 Å². The maximum atomic E-state index is 13.3. The summed E-state index contributed by atoms with van der Waals surface area (Å²) in [6.07, 6.45) is -3.04. The molecule has 2 heterocycles. The molecular weight excluding hydrogens is 654 g/mol. The molecule has 3 aromatic carbocycles. The molecule has 2 aliphatic heterocycles. The van der Waals surface area contributed by atoms with E-state index in [1.54, 1.807) is 11.8 Å². The number of thioether (sulfide) groups is 1. The highest BCUT2D eigenvalue weighted by Gasteiger charge is 2.38. The Balaban J connectivity index is 0.000000510. The number of benzene rings is 3. The van der Waals surface area contributed by atoms with Crippen LogP contribution in [-0.2, 0) is 31.9 Å². The van der Waals surface area contributed by atoms with Crippen molar-refractivity contribution in [2.24, 2.45) is 0 Å². The highest BCUT2D eigenvalue weighted by molar-refractivity contribution is 7.98. The van der Waals surface area contributed by atoms with Crippen LogP contribution in [0.15, 0.2) is 77.7 Å². The second kappa shape index (κ2) is 15.0. The molecular formula is C32H30Cl2F3NO6S. The van der Waals surface area contributed by atoms with Crippen LogP contribution in [0.2, 0.25) is 10.0 Å². The number of aliphatic carboxylic acids is 2. The minimum Gasteiger partial charge on any atom is -0.478 e. The molecule has 7 nitrogen and oxygen atoms in total. The number of nitrogens with zero attached hydrogens (tertiary/aromatic N) is 1. The Morgan fingerprint density at radius 2 is 1.64 bits per heavy atom. The minimum atomic E-state index is -4.57. The Labute approximate surface area is 272 Å². The fourth-order valence-corrected chi connectivity index (χ4v) is 6.67. The van der Waals surface area contributed by atoms with Gasteiger partial charge in [-0.2, -0.15) is 13.2 Å². The van der Waals surface area contributed by atoms with Crippen LogP contribution < -0.4 is 0 Å². The molecule has 1 atom stereocenters. The molecule has 5 rings (SSSR count). The van der Waals surface area contributed by atoms with Crippen molar-refractivity contribution in [3.63, 3.8) is 0 Å². The molecule has 0 amide bonds. The molecule has 1 saturated heterocycles. The van der Waals surface area contributed by atoms with E-state index in [1.807, 2.05) is 30.3 Å². The van der Waals surface area contributed by atoms with E-state index in [1.165, 1.54) is 17.7 Å². The molecule has 45 heavy (non-hydrogen) atoms. The number of carbonyl (C=O) groups is 2. The van der Waals surface area contributed by atoms with Gasteiger partial charge in [-0.15, -0.1) is 11.8 Å². The van der Waals surface area contributed by atoms with E-state index in [-0.39, 0.29) is 16.7 Å². The summed E-state index contributed by atoms with van der Waals surface area (Å²) in [5, 5.41) is 27.1. The zero-order valence-electron chi connectivity index (χ0n) is 23.8. The molecule has 0 aliphatic carbocycles. The number of likely N-dealkylation sites (tertiary alicyclic amines) is 1. The van der Waals surface area contributed by atoms with Gasteiger partial charge < -0.3 is 25.0 Å². The van der Waals surface area contributed by atoms with Crippen molar-refractivity contribution in [1.29, 1.82) is 0 Å². The Hall–Kier alpha value is -3.06. The Kier molecular flexibility index (Phi) is 11.6. The van der Waals surface area contributed by atoms with Gasteiger partial charge in [0.25, 0.3) is 0 Å². The number of rotatable bonds is 7. The van der Waals surface area contributed by atoms with Gasteiger partial charge in [0.1, 0.15) is 6.10 Å². The van der Waals surface area contributed by atoms with E-state index in [4.69, 9.17) is 38.2 Å². The van der Waals surface area contributed by atoms with Crippen LogP contribution in [0.3, 0.4) is 0 Å². The van der Waals surface area contributed by atoms with Crippen LogP contribution >= 0.6 is 35.0 Å². The van der Waals surface area contributed by atoms with Gasteiger partial charge in [-0.3, -0.25) is 0 Å². The lowest BCUT2D eigenvalue weighted by Gasteiger charge is -2.39. The van der Waals surface area contributed by atoms with E-state index in [9.17, 15) is 27.9 Å². The zero-order valence-corrected chi connectivity index (χ0v) is 26.1. The fourth-order valence-electron chi connectivity index (χ4n) is 5.19. The highest BCUT2D eigenvalue weighted by atomic mass is 35.5. The van der Waals surface area contributed by atoms with Crippen molar-refractivity contribution < 1.29 is 42.8 Å². The lowest BCUT2D eigenvalue weighted by atomic mass is 9.83. The van der Waals surface area contributed by atoms with E-state index in [2.05, 4.69) is 17.0 Å². The number of piperidine rings is 1. The standard InChI is InChI=1S/C28H26Cl2F3NO2S.C4H4O4/c29-20-6-8-25-22(16-20)26(21-4-2-1-3-18(21)17-37-25)36-14-13-34-11-9-27(35,10-12-34)19-5-7-24(30)23(15-19)28(31,32)33;5-3(6)1-2-4(7)8/h1-8,15-16,26,35H,9-14,17H2;1-2H,(H,5,6)(H,7,8)/b;2-1+. The summed E-state index contributed by atoms with van der Waals surface area (Å²) in [5.41, 5.74) is 1.43. The Morgan fingerprint density at radius 1 is 0.978 bits per heavy atom. The van der Waals surface area contributed by atoms with E-state index in [0.717, 1.165) is 27.8 Å². The third-order valence-corrected chi connectivity index (χ3v) is 9.23. The van der Waals surface area contributed by atoms with E-state index in [0.29, 0.717) is 56.3 Å². The summed E-state index contributed by atoms with van der Waals surface area (Å²) in [6, 6.07) is 17.9. The number of fused-ring (bicyclic) bond motifs is 2. The van der Waals surface area contributed by atoms with Crippen LogP contribution in [0.5, 0.6) is 0 Å². The van der Waals surface area contributed by atoms with Crippen molar-refractivity contribution >= 4 is 46.9 Å². The summed E-state index contributed by atoms with van der Waals surface area (Å²) in [5.74, 6) is -1.66. The number of aliphatic hydroxyl groups is 1. The van der Waals surface area contributed by atoms with Gasteiger partial charge in [0.15, 0.2) is 0 Å². The number of halogens is 5. The van der Waals surface area contributed by atoms with Crippen molar-refractivity contribution in [1.82, 2.24) is 4.90 Å². The Morgan fingerprint density at radius 3 is 2.29 bits per heavy atom. The average molecular weight is 685 g/mol. The molecule has 0 bridgehead atoms. The molecule has 0 spiro atoms. The lowest BCUT2D eigenvalue weighted by Crippen LogP contribution is -2.43. The van der Waals surface area contributed by atoms with Crippen LogP contribution in [-0.4, -0.2) is 58.4 Å². The van der Waals surface area contributed by atoms with Crippen LogP contribution in [0.4, 0.5) is 13.2 Å². The largest absolute Gasteiger partial charge is 0.478 e. The van der Waals surface area contributed by atoms with Gasteiger partial charge in [0.2, 0.25) is 0 Å². The second-order valence-electron chi connectivity index (χ2n) is 10.5. The third-order valence-electron chi connectivity index (χ3n) is 7.53. The predicted octanol–water partition coefficient (Wildman–Crippen LogP) is 7.42. The molecule has 240 valence electrons. The summed E-state index contributed by atoms with van der Waals surface area (Å²) < 4.78 is 46.4. The molecule has 0 radical (unpaired) electrons. The van der Waals surface area contributed by atoms with Crippen molar-refractivity contribution in [2.75, 3.05) is 26.2 Å². The highest BCUT2D eigenvalue weighted by Crippen LogP contribution is 2.43. The maximum Gasteiger partial charge on any atom is 0.417 e. The van der Waals surface area contributed by atoms with Crippen LogP contribution in [0.1, 0.15) is 46.8 Å². The molecule has 3 aromatic rings. The Bertz CT molecular complexity index is 1540. The normalized spacial score (nSPS) is 17.9. The topological polar surface area (TPSA) is 107 Å². The molecule has 0 aromatic heterocycles.